The van der Waals surface area contributed by atoms with E-state index in [-0.39, 0.29) is 0 Å². The van der Waals surface area contributed by atoms with Crippen molar-refractivity contribution in [3.8, 4) is 5.82 Å². The van der Waals surface area contributed by atoms with Crippen LogP contribution in [0.4, 0.5) is 0 Å². The van der Waals surface area contributed by atoms with Gasteiger partial charge in [-0.2, -0.15) is 0 Å². The molecule has 0 spiro atoms. The molecule has 21 heavy (non-hydrogen) atoms. The third-order valence-electron chi connectivity index (χ3n) is 3.96. The first-order chi connectivity index (χ1) is 10.1. The summed E-state index contributed by atoms with van der Waals surface area (Å²) in [6.45, 7) is 7.12. The van der Waals surface area contributed by atoms with Crippen molar-refractivity contribution in [2.75, 3.05) is 7.05 Å². The van der Waals surface area contributed by atoms with E-state index in [1.807, 2.05) is 20.3 Å². The van der Waals surface area contributed by atoms with Gasteiger partial charge in [-0.1, -0.05) is 6.07 Å². The van der Waals surface area contributed by atoms with Crippen molar-refractivity contribution in [3.63, 3.8) is 0 Å². The van der Waals surface area contributed by atoms with Crippen LogP contribution in [0, 0.1) is 20.8 Å². The number of aromatic nitrogens is 3. The van der Waals surface area contributed by atoms with Crippen LogP contribution in [0.3, 0.4) is 0 Å². The van der Waals surface area contributed by atoms with E-state index in [4.69, 9.17) is 4.98 Å². The minimum absolute atomic E-state index is 0.835. The Kier molecular flexibility index (Phi) is 3.47. The molecule has 2 aromatic heterocycles. The maximum Gasteiger partial charge on any atom is 0.138 e. The first-order valence-electron chi connectivity index (χ1n) is 7.16. The molecule has 2 heterocycles. The Labute approximate surface area is 124 Å². The highest BCUT2D eigenvalue weighted by Gasteiger charge is 2.09. The smallest absolute Gasteiger partial charge is 0.138 e. The van der Waals surface area contributed by atoms with E-state index in [0.717, 1.165) is 29.1 Å². The summed E-state index contributed by atoms with van der Waals surface area (Å²) < 4.78 is 2.05. The van der Waals surface area contributed by atoms with Crippen molar-refractivity contribution >= 4 is 11.0 Å². The lowest BCUT2D eigenvalue weighted by Crippen LogP contribution is -2.08. The van der Waals surface area contributed by atoms with Crippen LogP contribution in [-0.4, -0.2) is 21.6 Å². The largest absolute Gasteiger partial charge is 0.316 e. The number of hydrogen-bond acceptors (Lipinski definition) is 3. The van der Waals surface area contributed by atoms with Crippen LogP contribution in [0.2, 0.25) is 0 Å². The van der Waals surface area contributed by atoms with Crippen LogP contribution >= 0.6 is 0 Å². The molecule has 0 atom stereocenters. The van der Waals surface area contributed by atoms with Crippen LogP contribution < -0.4 is 5.32 Å². The highest BCUT2D eigenvalue weighted by molar-refractivity contribution is 5.78. The standard InChI is InChI=1S/C17H20N4/c1-11-7-15-16(8-12(11)2)21(10-19-15)17-6-5-14(9-18-4)13(3)20-17/h5-8,10,18H,9H2,1-4H3. The summed E-state index contributed by atoms with van der Waals surface area (Å²) >= 11 is 0. The number of pyridine rings is 1. The fraction of sp³-hybridized carbons (Fsp3) is 0.294. The molecule has 4 nitrogen and oxygen atoms in total. The molecule has 0 aliphatic heterocycles. The molecule has 1 aromatic carbocycles. The zero-order chi connectivity index (χ0) is 15.0. The van der Waals surface area contributed by atoms with E-state index >= 15 is 0 Å². The number of rotatable bonds is 3. The Morgan fingerprint density at radius 1 is 1.10 bits per heavy atom. The van der Waals surface area contributed by atoms with E-state index in [1.165, 1.54) is 16.7 Å². The summed E-state index contributed by atoms with van der Waals surface area (Å²) in [7, 11) is 1.95. The molecule has 3 rings (SSSR count). The minimum Gasteiger partial charge on any atom is -0.316 e. The van der Waals surface area contributed by atoms with Crippen molar-refractivity contribution in [1.82, 2.24) is 19.9 Å². The summed E-state index contributed by atoms with van der Waals surface area (Å²) in [6.07, 6.45) is 1.85. The SMILES string of the molecule is CNCc1ccc(-n2cnc3cc(C)c(C)cc32)nc1C. The van der Waals surface area contributed by atoms with Gasteiger partial charge < -0.3 is 5.32 Å². The number of aryl methyl sites for hydroxylation is 3. The van der Waals surface area contributed by atoms with Crippen LogP contribution in [0.5, 0.6) is 0 Å². The van der Waals surface area contributed by atoms with Gasteiger partial charge in [0.05, 0.1) is 11.0 Å². The Hall–Kier alpha value is -2.20. The monoisotopic (exact) mass is 280 g/mol. The van der Waals surface area contributed by atoms with Gasteiger partial charge in [0.2, 0.25) is 0 Å². The number of hydrogen-bond donors (Lipinski definition) is 1. The summed E-state index contributed by atoms with van der Waals surface area (Å²) in [4.78, 5) is 9.22. The maximum absolute atomic E-state index is 4.72. The van der Waals surface area contributed by atoms with Gasteiger partial charge in [-0.25, -0.2) is 9.97 Å². The van der Waals surface area contributed by atoms with E-state index < -0.39 is 0 Å². The molecule has 108 valence electrons. The van der Waals surface area contributed by atoms with Gasteiger partial charge in [0.15, 0.2) is 0 Å². The third kappa shape index (κ3) is 2.43. The zero-order valence-corrected chi connectivity index (χ0v) is 12.9. The fourth-order valence-electron chi connectivity index (χ4n) is 2.53. The third-order valence-corrected chi connectivity index (χ3v) is 3.96. The van der Waals surface area contributed by atoms with Gasteiger partial charge in [0, 0.05) is 12.2 Å². The average molecular weight is 280 g/mol. The van der Waals surface area contributed by atoms with Crippen LogP contribution in [-0.2, 0) is 6.54 Å². The van der Waals surface area contributed by atoms with Crippen LogP contribution in [0.25, 0.3) is 16.9 Å². The normalized spacial score (nSPS) is 11.2. The van der Waals surface area contributed by atoms with Crippen LogP contribution in [0.15, 0.2) is 30.6 Å². The Bertz CT molecular complexity index is 802. The van der Waals surface area contributed by atoms with E-state index in [1.54, 1.807) is 0 Å². The Balaban J connectivity index is 2.12. The quantitative estimate of drug-likeness (QED) is 0.802. The van der Waals surface area contributed by atoms with Crippen molar-refractivity contribution in [3.05, 3.63) is 53.0 Å². The number of imidazole rings is 1. The van der Waals surface area contributed by atoms with Gasteiger partial charge in [-0.3, -0.25) is 4.57 Å². The Morgan fingerprint density at radius 2 is 1.86 bits per heavy atom. The molecule has 0 unspecified atom stereocenters. The van der Waals surface area contributed by atoms with Crippen molar-refractivity contribution in [2.24, 2.45) is 0 Å². The van der Waals surface area contributed by atoms with Gasteiger partial charge >= 0.3 is 0 Å². The Morgan fingerprint density at radius 3 is 2.57 bits per heavy atom. The molecule has 0 aliphatic rings. The number of nitrogens with one attached hydrogen (secondary N) is 1. The number of benzene rings is 1. The average Bonchev–Trinajstić information content (AvgIpc) is 2.85. The molecule has 0 aliphatic carbocycles. The number of fused-ring (bicyclic) bond motifs is 1. The van der Waals surface area contributed by atoms with Gasteiger partial charge in [-0.05, 0) is 62.7 Å². The molecule has 1 N–H and O–H groups in total. The predicted molar refractivity (Wildman–Crippen MR) is 85.8 cm³/mol. The molecular weight excluding hydrogens is 260 g/mol. The predicted octanol–water partition coefficient (Wildman–Crippen LogP) is 3.07. The maximum atomic E-state index is 4.72. The van der Waals surface area contributed by atoms with E-state index in [0.29, 0.717) is 0 Å². The summed E-state index contributed by atoms with van der Waals surface area (Å²) in [6, 6.07) is 8.48. The van der Waals surface area contributed by atoms with Gasteiger partial charge in [0.1, 0.15) is 12.1 Å². The second kappa shape index (κ2) is 5.30. The molecule has 4 heteroatoms. The molecular formula is C17H20N4. The minimum atomic E-state index is 0.835. The van der Waals surface area contributed by atoms with Gasteiger partial charge in [-0.15, -0.1) is 0 Å². The van der Waals surface area contributed by atoms with E-state index in [2.05, 4.69) is 53.0 Å². The van der Waals surface area contributed by atoms with Crippen molar-refractivity contribution in [2.45, 2.75) is 27.3 Å². The second-order valence-corrected chi connectivity index (χ2v) is 5.48. The van der Waals surface area contributed by atoms with Crippen molar-refractivity contribution in [1.29, 1.82) is 0 Å². The van der Waals surface area contributed by atoms with Crippen molar-refractivity contribution < 1.29 is 0 Å². The molecule has 3 aromatic rings. The summed E-state index contributed by atoms with van der Waals surface area (Å²) in [5, 5.41) is 3.16. The lowest BCUT2D eigenvalue weighted by Gasteiger charge is -2.09. The topological polar surface area (TPSA) is 42.7 Å². The summed E-state index contributed by atoms with van der Waals surface area (Å²) in [5.74, 6) is 0.915. The first kappa shape index (κ1) is 13.8. The molecule has 0 radical (unpaired) electrons. The molecule has 0 bridgehead atoms. The fourth-order valence-corrected chi connectivity index (χ4v) is 2.53. The highest BCUT2D eigenvalue weighted by Crippen LogP contribution is 2.21. The van der Waals surface area contributed by atoms with Gasteiger partial charge in [0.25, 0.3) is 0 Å². The highest BCUT2D eigenvalue weighted by atomic mass is 15.1. The molecule has 0 saturated heterocycles. The number of nitrogens with zero attached hydrogens (tertiary/aromatic N) is 3. The zero-order valence-electron chi connectivity index (χ0n) is 12.9. The van der Waals surface area contributed by atoms with Crippen LogP contribution in [0.1, 0.15) is 22.4 Å². The molecule has 0 fully saturated rings. The first-order valence-corrected chi connectivity index (χ1v) is 7.16. The lowest BCUT2D eigenvalue weighted by atomic mass is 10.1. The molecule has 0 saturated carbocycles. The molecule has 0 amide bonds. The van der Waals surface area contributed by atoms with E-state index in [9.17, 15) is 0 Å². The lowest BCUT2D eigenvalue weighted by molar-refractivity contribution is 0.801. The second-order valence-electron chi connectivity index (χ2n) is 5.48. The summed E-state index contributed by atoms with van der Waals surface area (Å²) in [5.41, 5.74) is 6.92.